The monoisotopic (exact) mass is 242 g/mol. The fraction of sp³-hybridized carbons (Fsp3) is 0.917. The Morgan fingerprint density at radius 2 is 1.88 bits per heavy atom. The molecule has 0 radical (unpaired) electrons. The van der Waals surface area contributed by atoms with Gasteiger partial charge in [-0.15, -0.1) is 0 Å². The van der Waals surface area contributed by atoms with Gasteiger partial charge in [-0.05, 0) is 20.5 Å². The van der Waals surface area contributed by atoms with Crippen LogP contribution in [0.5, 0.6) is 0 Å². The summed E-state index contributed by atoms with van der Waals surface area (Å²) in [5.74, 6) is 0.111. The van der Waals surface area contributed by atoms with Gasteiger partial charge in [0.15, 0.2) is 0 Å². The number of carbonyl (C=O) groups is 1. The van der Waals surface area contributed by atoms with Crippen molar-refractivity contribution in [1.29, 1.82) is 0 Å². The van der Waals surface area contributed by atoms with Crippen molar-refractivity contribution in [2.24, 2.45) is 5.73 Å². The second-order valence-corrected chi connectivity index (χ2v) is 4.98. The van der Waals surface area contributed by atoms with Gasteiger partial charge < -0.3 is 15.5 Å². The second kappa shape index (κ2) is 6.93. The van der Waals surface area contributed by atoms with E-state index in [0.717, 1.165) is 45.7 Å². The SMILES string of the molecule is CCC(N)C(=O)N1CCN(CCN(C)C)CC1. The predicted molar refractivity (Wildman–Crippen MR) is 69.8 cm³/mol. The van der Waals surface area contributed by atoms with Crippen LogP contribution < -0.4 is 5.73 Å². The molecule has 1 rings (SSSR count). The molecule has 0 aromatic rings. The number of carbonyl (C=O) groups excluding carboxylic acids is 1. The molecule has 0 aromatic heterocycles. The summed E-state index contributed by atoms with van der Waals surface area (Å²) < 4.78 is 0. The van der Waals surface area contributed by atoms with Gasteiger partial charge >= 0.3 is 0 Å². The van der Waals surface area contributed by atoms with E-state index in [1.165, 1.54) is 0 Å². The van der Waals surface area contributed by atoms with Crippen molar-refractivity contribution < 1.29 is 4.79 Å². The lowest BCUT2D eigenvalue weighted by molar-refractivity contribution is -0.134. The Balaban J connectivity index is 2.28. The minimum absolute atomic E-state index is 0.111. The number of nitrogens with zero attached hydrogens (tertiary/aromatic N) is 3. The largest absolute Gasteiger partial charge is 0.339 e. The van der Waals surface area contributed by atoms with Crippen LogP contribution in [0.4, 0.5) is 0 Å². The third-order valence-electron chi connectivity index (χ3n) is 3.30. The number of rotatable bonds is 5. The van der Waals surface area contributed by atoms with Crippen LogP contribution >= 0.6 is 0 Å². The summed E-state index contributed by atoms with van der Waals surface area (Å²) in [5.41, 5.74) is 5.77. The van der Waals surface area contributed by atoms with Crippen molar-refractivity contribution >= 4 is 5.91 Å². The van der Waals surface area contributed by atoms with Gasteiger partial charge in [0, 0.05) is 39.3 Å². The second-order valence-electron chi connectivity index (χ2n) is 4.98. The van der Waals surface area contributed by atoms with Gasteiger partial charge in [-0.3, -0.25) is 9.69 Å². The van der Waals surface area contributed by atoms with E-state index in [-0.39, 0.29) is 11.9 Å². The maximum atomic E-state index is 11.9. The van der Waals surface area contributed by atoms with Crippen molar-refractivity contribution in [3.8, 4) is 0 Å². The van der Waals surface area contributed by atoms with Gasteiger partial charge in [-0.25, -0.2) is 0 Å². The summed E-state index contributed by atoms with van der Waals surface area (Å²) in [6, 6.07) is -0.316. The summed E-state index contributed by atoms with van der Waals surface area (Å²) in [5, 5.41) is 0. The minimum atomic E-state index is -0.316. The summed E-state index contributed by atoms with van der Waals surface area (Å²) >= 11 is 0. The quantitative estimate of drug-likeness (QED) is 0.701. The molecule has 1 atom stereocenters. The Morgan fingerprint density at radius 1 is 1.29 bits per heavy atom. The van der Waals surface area contributed by atoms with Crippen LogP contribution in [0.15, 0.2) is 0 Å². The first kappa shape index (κ1) is 14.4. The predicted octanol–water partition coefficient (Wildman–Crippen LogP) is -0.570. The van der Waals surface area contributed by atoms with Crippen molar-refractivity contribution in [1.82, 2.24) is 14.7 Å². The van der Waals surface area contributed by atoms with E-state index in [1.807, 2.05) is 11.8 Å². The zero-order valence-electron chi connectivity index (χ0n) is 11.4. The number of hydrogen-bond acceptors (Lipinski definition) is 4. The normalized spacial score (nSPS) is 19.7. The third-order valence-corrected chi connectivity index (χ3v) is 3.30. The van der Waals surface area contributed by atoms with E-state index in [1.54, 1.807) is 0 Å². The molecule has 0 aromatic carbocycles. The molecular formula is C12H26N4O. The first-order valence-electron chi connectivity index (χ1n) is 6.46. The average Bonchev–Trinajstić information content (AvgIpc) is 2.35. The smallest absolute Gasteiger partial charge is 0.239 e. The van der Waals surface area contributed by atoms with Crippen LogP contribution in [-0.4, -0.2) is 80.0 Å². The molecule has 0 aliphatic carbocycles. The van der Waals surface area contributed by atoms with Crippen LogP contribution in [0.3, 0.4) is 0 Å². The zero-order chi connectivity index (χ0) is 12.8. The van der Waals surface area contributed by atoms with Gasteiger partial charge in [-0.2, -0.15) is 0 Å². The fourth-order valence-corrected chi connectivity index (χ4v) is 1.94. The summed E-state index contributed by atoms with van der Waals surface area (Å²) in [6.45, 7) is 7.68. The standard InChI is InChI=1S/C12H26N4O/c1-4-11(13)12(17)16-9-7-15(8-10-16)6-5-14(2)3/h11H,4-10,13H2,1-3H3. The van der Waals surface area contributed by atoms with Crippen molar-refractivity contribution in [3.63, 3.8) is 0 Å². The lowest BCUT2D eigenvalue weighted by atomic mass is 10.2. The molecule has 1 aliphatic heterocycles. The van der Waals surface area contributed by atoms with Crippen LogP contribution in [0.2, 0.25) is 0 Å². The van der Waals surface area contributed by atoms with Crippen molar-refractivity contribution in [3.05, 3.63) is 0 Å². The van der Waals surface area contributed by atoms with E-state index >= 15 is 0 Å². The molecule has 0 saturated carbocycles. The van der Waals surface area contributed by atoms with Crippen molar-refractivity contribution in [2.45, 2.75) is 19.4 Å². The highest BCUT2D eigenvalue weighted by molar-refractivity contribution is 5.81. The number of hydrogen-bond donors (Lipinski definition) is 1. The molecule has 1 heterocycles. The van der Waals surface area contributed by atoms with Gasteiger partial charge in [0.25, 0.3) is 0 Å². The molecule has 0 bridgehead atoms. The maximum Gasteiger partial charge on any atom is 0.239 e. The lowest BCUT2D eigenvalue weighted by Gasteiger charge is -2.36. The van der Waals surface area contributed by atoms with E-state index in [2.05, 4.69) is 23.9 Å². The minimum Gasteiger partial charge on any atom is -0.339 e. The Kier molecular flexibility index (Phi) is 5.88. The fourth-order valence-electron chi connectivity index (χ4n) is 1.94. The Bertz CT molecular complexity index is 237. The van der Waals surface area contributed by atoms with E-state index < -0.39 is 0 Å². The molecule has 0 spiro atoms. The summed E-state index contributed by atoms with van der Waals surface area (Å²) in [7, 11) is 4.17. The average molecular weight is 242 g/mol. The van der Waals surface area contributed by atoms with Gasteiger partial charge in [0.2, 0.25) is 5.91 Å². The number of nitrogens with two attached hydrogens (primary N) is 1. The summed E-state index contributed by atoms with van der Waals surface area (Å²) in [4.78, 5) is 18.4. The molecule has 5 nitrogen and oxygen atoms in total. The topological polar surface area (TPSA) is 52.8 Å². The highest BCUT2D eigenvalue weighted by Crippen LogP contribution is 2.04. The van der Waals surface area contributed by atoms with E-state index in [0.29, 0.717) is 0 Å². The van der Waals surface area contributed by atoms with Gasteiger partial charge in [0.1, 0.15) is 0 Å². The van der Waals surface area contributed by atoms with Crippen molar-refractivity contribution in [2.75, 3.05) is 53.4 Å². The first-order chi connectivity index (χ1) is 8.04. The molecule has 1 fully saturated rings. The van der Waals surface area contributed by atoms with E-state index in [9.17, 15) is 4.79 Å². The molecule has 1 amide bonds. The number of piperazine rings is 1. The molecule has 17 heavy (non-hydrogen) atoms. The molecule has 1 unspecified atom stereocenters. The lowest BCUT2D eigenvalue weighted by Crippen LogP contribution is -2.53. The van der Waals surface area contributed by atoms with E-state index in [4.69, 9.17) is 5.73 Å². The molecular weight excluding hydrogens is 216 g/mol. The van der Waals surface area contributed by atoms with Crippen LogP contribution in [0.1, 0.15) is 13.3 Å². The van der Waals surface area contributed by atoms with Crippen LogP contribution in [0.25, 0.3) is 0 Å². The molecule has 1 saturated heterocycles. The first-order valence-corrected chi connectivity index (χ1v) is 6.46. The zero-order valence-corrected chi connectivity index (χ0v) is 11.4. The highest BCUT2D eigenvalue weighted by Gasteiger charge is 2.23. The summed E-state index contributed by atoms with van der Waals surface area (Å²) in [6.07, 6.45) is 0.722. The Hall–Kier alpha value is -0.650. The van der Waals surface area contributed by atoms with Gasteiger partial charge in [0.05, 0.1) is 6.04 Å². The van der Waals surface area contributed by atoms with Crippen LogP contribution in [0, 0.1) is 0 Å². The highest BCUT2D eigenvalue weighted by atomic mass is 16.2. The number of amides is 1. The number of likely N-dealkylation sites (N-methyl/N-ethyl adjacent to an activating group) is 1. The van der Waals surface area contributed by atoms with Crippen LogP contribution in [-0.2, 0) is 4.79 Å². The Morgan fingerprint density at radius 3 is 2.35 bits per heavy atom. The molecule has 1 aliphatic rings. The third kappa shape index (κ3) is 4.61. The molecule has 2 N–H and O–H groups in total. The molecule has 100 valence electrons. The van der Waals surface area contributed by atoms with Gasteiger partial charge in [-0.1, -0.05) is 6.92 Å². The maximum absolute atomic E-state index is 11.9. The molecule has 5 heteroatoms. The Labute approximate surface area is 105 Å².